The van der Waals surface area contributed by atoms with Gasteiger partial charge in [0.25, 0.3) is 0 Å². The Morgan fingerprint density at radius 1 is 0.811 bits per heavy atom. The van der Waals surface area contributed by atoms with Crippen LogP contribution in [0.25, 0.3) is 11.3 Å². The van der Waals surface area contributed by atoms with E-state index in [1.165, 1.54) is 17.2 Å². The standard InChI is InChI=1S/C31H31F3N2O/c1-22-14-16-25(17-15-22)28-19-26(20-30(36-28)31(32,33)34)29(37)21-35-18-8-13-27(23-9-4-2-5-10-23)24-11-6-3-7-12-24/h2-7,9-12,14-17,19-20,27,29,35,37H,8,13,18,21H2,1H3/t29-/m1/s1. The van der Waals surface area contributed by atoms with Crippen LogP contribution >= 0.6 is 0 Å². The Morgan fingerprint density at radius 3 is 1.97 bits per heavy atom. The molecule has 0 saturated heterocycles. The highest BCUT2D eigenvalue weighted by molar-refractivity contribution is 5.61. The van der Waals surface area contributed by atoms with Crippen molar-refractivity contribution in [1.82, 2.24) is 10.3 Å². The molecule has 2 N–H and O–H groups in total. The van der Waals surface area contributed by atoms with Crippen molar-refractivity contribution in [2.75, 3.05) is 13.1 Å². The molecule has 3 aromatic carbocycles. The molecule has 4 aromatic rings. The molecule has 0 radical (unpaired) electrons. The van der Waals surface area contributed by atoms with E-state index < -0.39 is 18.0 Å². The number of aliphatic hydroxyl groups excluding tert-OH is 1. The van der Waals surface area contributed by atoms with Crippen molar-refractivity contribution < 1.29 is 18.3 Å². The van der Waals surface area contributed by atoms with Crippen molar-refractivity contribution in [1.29, 1.82) is 0 Å². The minimum absolute atomic E-state index is 0.149. The van der Waals surface area contributed by atoms with E-state index in [0.29, 0.717) is 12.1 Å². The van der Waals surface area contributed by atoms with Crippen molar-refractivity contribution in [3.8, 4) is 11.3 Å². The van der Waals surface area contributed by atoms with Crippen molar-refractivity contribution >= 4 is 0 Å². The van der Waals surface area contributed by atoms with Gasteiger partial charge in [0.05, 0.1) is 11.8 Å². The van der Waals surface area contributed by atoms with Crippen LogP contribution in [0.3, 0.4) is 0 Å². The molecule has 6 heteroatoms. The number of pyridine rings is 1. The van der Waals surface area contributed by atoms with Gasteiger partial charge >= 0.3 is 6.18 Å². The smallest absolute Gasteiger partial charge is 0.387 e. The molecule has 0 aliphatic carbocycles. The number of rotatable bonds is 10. The molecule has 0 bridgehead atoms. The first-order chi connectivity index (χ1) is 17.8. The van der Waals surface area contributed by atoms with E-state index in [9.17, 15) is 18.3 Å². The van der Waals surface area contributed by atoms with Gasteiger partial charge in [0.2, 0.25) is 0 Å². The molecule has 192 valence electrons. The predicted molar refractivity (Wildman–Crippen MR) is 141 cm³/mol. The van der Waals surface area contributed by atoms with E-state index in [1.54, 1.807) is 12.1 Å². The van der Waals surface area contributed by atoms with Crippen LogP contribution in [0.15, 0.2) is 97.1 Å². The largest absolute Gasteiger partial charge is 0.433 e. The van der Waals surface area contributed by atoms with Crippen LogP contribution in [0.1, 0.15) is 52.8 Å². The molecule has 4 rings (SSSR count). The fraction of sp³-hybridized carbons (Fsp3) is 0.258. The molecular weight excluding hydrogens is 473 g/mol. The summed E-state index contributed by atoms with van der Waals surface area (Å²) >= 11 is 0. The van der Waals surface area contributed by atoms with Crippen molar-refractivity contribution in [3.63, 3.8) is 0 Å². The summed E-state index contributed by atoms with van der Waals surface area (Å²) in [6, 6.07) is 30.3. The highest BCUT2D eigenvalue weighted by Gasteiger charge is 2.34. The Bertz CT molecular complexity index is 1220. The van der Waals surface area contributed by atoms with Gasteiger partial charge in [0.15, 0.2) is 0 Å². The zero-order valence-electron chi connectivity index (χ0n) is 20.7. The van der Waals surface area contributed by atoms with E-state index in [1.807, 2.05) is 55.5 Å². The van der Waals surface area contributed by atoms with E-state index >= 15 is 0 Å². The van der Waals surface area contributed by atoms with E-state index in [2.05, 4.69) is 34.6 Å². The average molecular weight is 505 g/mol. The third-order valence-corrected chi connectivity index (χ3v) is 6.46. The lowest BCUT2D eigenvalue weighted by atomic mass is 9.87. The third kappa shape index (κ3) is 7.28. The van der Waals surface area contributed by atoms with E-state index in [-0.39, 0.29) is 23.7 Å². The summed E-state index contributed by atoms with van der Waals surface area (Å²) < 4.78 is 40.6. The maximum atomic E-state index is 13.5. The van der Waals surface area contributed by atoms with Gasteiger partial charge in [-0.2, -0.15) is 13.2 Å². The maximum Gasteiger partial charge on any atom is 0.433 e. The van der Waals surface area contributed by atoms with Crippen LogP contribution in [0.4, 0.5) is 13.2 Å². The second-order valence-electron chi connectivity index (χ2n) is 9.27. The molecule has 0 unspecified atom stereocenters. The Morgan fingerprint density at radius 2 is 1.41 bits per heavy atom. The van der Waals surface area contributed by atoms with Crippen LogP contribution in [0, 0.1) is 6.92 Å². The van der Waals surface area contributed by atoms with Gasteiger partial charge in [-0.1, -0.05) is 90.5 Å². The van der Waals surface area contributed by atoms with Crippen LogP contribution in [-0.4, -0.2) is 23.2 Å². The van der Waals surface area contributed by atoms with Gasteiger partial charge in [-0.3, -0.25) is 0 Å². The first-order valence-corrected chi connectivity index (χ1v) is 12.5. The summed E-state index contributed by atoms with van der Waals surface area (Å²) in [5.74, 6) is 0.251. The lowest BCUT2D eigenvalue weighted by molar-refractivity contribution is -0.141. The lowest BCUT2D eigenvalue weighted by Crippen LogP contribution is -2.23. The Hall–Kier alpha value is -3.48. The molecule has 0 fully saturated rings. The minimum atomic E-state index is -4.60. The summed E-state index contributed by atoms with van der Waals surface area (Å²) in [4.78, 5) is 3.82. The van der Waals surface area contributed by atoms with Crippen molar-refractivity contribution in [2.45, 2.75) is 38.0 Å². The highest BCUT2D eigenvalue weighted by atomic mass is 19.4. The topological polar surface area (TPSA) is 45.1 Å². The zero-order chi connectivity index (χ0) is 26.3. The van der Waals surface area contributed by atoms with E-state index in [0.717, 1.165) is 24.5 Å². The molecule has 37 heavy (non-hydrogen) atoms. The number of hydrogen-bond donors (Lipinski definition) is 2. The molecule has 1 aromatic heterocycles. The van der Waals surface area contributed by atoms with Gasteiger partial charge in [-0.25, -0.2) is 4.98 Å². The number of aliphatic hydroxyl groups is 1. The molecule has 0 aliphatic rings. The summed E-state index contributed by atoms with van der Waals surface area (Å²) in [6.45, 7) is 2.69. The quantitative estimate of drug-likeness (QED) is 0.223. The number of aromatic nitrogens is 1. The number of alkyl halides is 3. The molecular formula is C31H31F3N2O. The number of nitrogens with zero attached hydrogens (tertiary/aromatic N) is 1. The summed E-state index contributed by atoms with van der Waals surface area (Å²) in [5, 5.41) is 13.9. The number of nitrogens with one attached hydrogen (secondary N) is 1. The summed E-state index contributed by atoms with van der Waals surface area (Å²) in [5.41, 5.74) is 3.44. The van der Waals surface area contributed by atoms with Gasteiger partial charge in [-0.05, 0) is 55.1 Å². The predicted octanol–water partition coefficient (Wildman–Crippen LogP) is 7.31. The molecule has 0 aliphatic heterocycles. The van der Waals surface area contributed by atoms with Gasteiger partial charge < -0.3 is 10.4 Å². The minimum Gasteiger partial charge on any atom is -0.387 e. The van der Waals surface area contributed by atoms with E-state index in [4.69, 9.17) is 0 Å². The first-order valence-electron chi connectivity index (χ1n) is 12.5. The fourth-order valence-corrected chi connectivity index (χ4v) is 4.45. The van der Waals surface area contributed by atoms with Crippen LogP contribution in [0.5, 0.6) is 0 Å². The normalized spacial score (nSPS) is 12.6. The summed E-state index contributed by atoms with van der Waals surface area (Å²) in [6.07, 6.45) is -3.94. The number of halogens is 3. The average Bonchev–Trinajstić information content (AvgIpc) is 2.91. The highest BCUT2D eigenvalue weighted by Crippen LogP contribution is 2.33. The van der Waals surface area contributed by atoms with Crippen LogP contribution in [-0.2, 0) is 6.18 Å². The Labute approximate surface area is 216 Å². The second-order valence-corrected chi connectivity index (χ2v) is 9.27. The molecule has 1 heterocycles. The number of benzene rings is 3. The lowest BCUT2D eigenvalue weighted by Gasteiger charge is -2.19. The van der Waals surface area contributed by atoms with Crippen molar-refractivity contribution in [3.05, 3.63) is 125 Å². The molecule has 0 spiro atoms. The SMILES string of the molecule is Cc1ccc(-c2cc([C@H](O)CNCCCC(c3ccccc3)c3ccccc3)cc(C(F)(F)F)n2)cc1. The van der Waals surface area contributed by atoms with Crippen LogP contribution in [0.2, 0.25) is 0 Å². The molecule has 0 saturated carbocycles. The number of aryl methyl sites for hydroxylation is 1. The maximum absolute atomic E-state index is 13.5. The van der Waals surface area contributed by atoms with Crippen LogP contribution < -0.4 is 5.32 Å². The fourth-order valence-electron chi connectivity index (χ4n) is 4.45. The molecule has 0 amide bonds. The van der Waals surface area contributed by atoms with Crippen molar-refractivity contribution in [2.24, 2.45) is 0 Å². The van der Waals surface area contributed by atoms with Gasteiger partial charge in [0.1, 0.15) is 5.69 Å². The first kappa shape index (κ1) is 26.6. The van der Waals surface area contributed by atoms with Gasteiger partial charge in [0, 0.05) is 18.0 Å². The molecule has 1 atom stereocenters. The molecule has 3 nitrogen and oxygen atoms in total. The Kier molecular flexibility index (Phi) is 8.74. The monoisotopic (exact) mass is 504 g/mol. The Balaban J connectivity index is 1.40. The summed E-state index contributed by atoms with van der Waals surface area (Å²) in [7, 11) is 0. The zero-order valence-corrected chi connectivity index (χ0v) is 20.7. The third-order valence-electron chi connectivity index (χ3n) is 6.46. The van der Waals surface area contributed by atoms with Gasteiger partial charge in [-0.15, -0.1) is 0 Å². The second kappa shape index (κ2) is 12.2. The number of hydrogen-bond acceptors (Lipinski definition) is 3.